The first kappa shape index (κ1) is 22.2. The lowest BCUT2D eigenvalue weighted by Gasteiger charge is -2.13. The van der Waals surface area contributed by atoms with Crippen LogP contribution >= 0.6 is 23.4 Å². The molecule has 0 saturated carbocycles. The van der Waals surface area contributed by atoms with Crippen molar-refractivity contribution in [1.82, 2.24) is 9.47 Å². The van der Waals surface area contributed by atoms with Gasteiger partial charge in [-0.1, -0.05) is 23.7 Å². The van der Waals surface area contributed by atoms with Crippen molar-refractivity contribution in [3.05, 3.63) is 87.3 Å². The van der Waals surface area contributed by atoms with Crippen molar-refractivity contribution in [2.45, 2.75) is 13.8 Å². The lowest BCUT2D eigenvalue weighted by atomic mass is 10.2. The molecule has 1 fully saturated rings. The molecule has 2 aromatic carbocycles. The van der Waals surface area contributed by atoms with Gasteiger partial charge in [0.15, 0.2) is 0 Å². The zero-order valence-corrected chi connectivity index (χ0v) is 19.0. The minimum Gasteiger partial charge on any atom is -0.492 e. The van der Waals surface area contributed by atoms with E-state index in [1.165, 1.54) is 11.0 Å². The van der Waals surface area contributed by atoms with E-state index in [9.17, 15) is 14.0 Å². The summed E-state index contributed by atoms with van der Waals surface area (Å²) in [6.45, 7) is 4.04. The minimum atomic E-state index is -0.365. The van der Waals surface area contributed by atoms with Gasteiger partial charge in [-0.05, 0) is 79.7 Å². The fourth-order valence-corrected chi connectivity index (χ4v) is 4.54. The number of benzene rings is 2. The standard InChI is InChI=1S/C24H20ClFN2O3S/c1-15-13-17(16(2)28(15)21-6-4-3-5-20(21)26)14-22-23(29)27(24(30)32-22)11-12-31-19-9-7-18(25)8-10-19/h3-10,13-14H,11-12H2,1-2H3/b22-14-. The molecule has 0 atom stereocenters. The average molecular weight is 471 g/mol. The van der Waals surface area contributed by atoms with Crippen LogP contribution in [0.4, 0.5) is 9.18 Å². The summed E-state index contributed by atoms with van der Waals surface area (Å²) in [6, 6.07) is 15.3. The van der Waals surface area contributed by atoms with Crippen LogP contribution in [0.15, 0.2) is 59.5 Å². The average Bonchev–Trinajstić information content (AvgIpc) is 3.19. The molecule has 1 saturated heterocycles. The van der Waals surface area contributed by atoms with Crippen LogP contribution in [0, 0.1) is 19.7 Å². The van der Waals surface area contributed by atoms with E-state index in [0.29, 0.717) is 21.4 Å². The van der Waals surface area contributed by atoms with E-state index < -0.39 is 0 Å². The molecule has 5 nitrogen and oxygen atoms in total. The van der Waals surface area contributed by atoms with Crippen LogP contribution in [0.1, 0.15) is 17.0 Å². The zero-order chi connectivity index (χ0) is 22.8. The molecule has 1 aromatic heterocycles. The van der Waals surface area contributed by atoms with Crippen LogP contribution < -0.4 is 4.74 Å². The van der Waals surface area contributed by atoms with Gasteiger partial charge in [0.1, 0.15) is 18.2 Å². The maximum atomic E-state index is 14.3. The third kappa shape index (κ3) is 4.45. The molecule has 2 heterocycles. The highest BCUT2D eigenvalue weighted by Gasteiger charge is 2.35. The van der Waals surface area contributed by atoms with Gasteiger partial charge in [0.05, 0.1) is 17.1 Å². The Hall–Kier alpha value is -3.03. The second-order valence-corrected chi connectivity index (χ2v) is 8.68. The van der Waals surface area contributed by atoms with Gasteiger partial charge in [0, 0.05) is 16.4 Å². The number of hydrogen-bond acceptors (Lipinski definition) is 4. The first-order valence-electron chi connectivity index (χ1n) is 9.92. The predicted octanol–water partition coefficient (Wildman–Crippen LogP) is 6.00. The maximum absolute atomic E-state index is 14.3. The highest BCUT2D eigenvalue weighted by molar-refractivity contribution is 8.18. The first-order valence-corrected chi connectivity index (χ1v) is 11.1. The van der Waals surface area contributed by atoms with Gasteiger partial charge in [0.25, 0.3) is 11.1 Å². The van der Waals surface area contributed by atoms with Gasteiger partial charge in [-0.2, -0.15) is 0 Å². The minimum absolute atomic E-state index is 0.138. The summed E-state index contributed by atoms with van der Waals surface area (Å²) in [5.41, 5.74) is 2.81. The molecule has 32 heavy (non-hydrogen) atoms. The summed E-state index contributed by atoms with van der Waals surface area (Å²) < 4.78 is 21.7. The molecular weight excluding hydrogens is 451 g/mol. The predicted molar refractivity (Wildman–Crippen MR) is 125 cm³/mol. The number of nitrogens with zero attached hydrogens (tertiary/aromatic N) is 2. The molecule has 164 valence electrons. The molecule has 0 N–H and O–H groups in total. The summed E-state index contributed by atoms with van der Waals surface area (Å²) in [6.07, 6.45) is 1.69. The van der Waals surface area contributed by atoms with E-state index in [1.54, 1.807) is 53.1 Å². The molecule has 0 bridgehead atoms. The highest BCUT2D eigenvalue weighted by atomic mass is 35.5. The lowest BCUT2D eigenvalue weighted by molar-refractivity contribution is -0.123. The molecule has 0 radical (unpaired) electrons. The van der Waals surface area contributed by atoms with Crippen molar-refractivity contribution in [3.8, 4) is 11.4 Å². The molecule has 4 rings (SSSR count). The summed E-state index contributed by atoms with van der Waals surface area (Å²) in [5.74, 6) is -0.0882. The molecular formula is C24H20ClFN2O3S. The number of halogens is 2. The molecule has 8 heteroatoms. The van der Waals surface area contributed by atoms with E-state index in [0.717, 1.165) is 28.7 Å². The van der Waals surface area contributed by atoms with Gasteiger partial charge in [-0.3, -0.25) is 14.5 Å². The Morgan fingerprint density at radius 3 is 2.53 bits per heavy atom. The monoisotopic (exact) mass is 470 g/mol. The summed E-state index contributed by atoms with van der Waals surface area (Å²) in [4.78, 5) is 26.7. The number of thioether (sulfide) groups is 1. The molecule has 1 aliphatic rings. The Kier molecular flexibility index (Phi) is 6.39. The second kappa shape index (κ2) is 9.22. The molecule has 0 spiro atoms. The molecule has 0 unspecified atom stereocenters. The fraction of sp³-hybridized carbons (Fsp3) is 0.167. The quantitative estimate of drug-likeness (QED) is 0.414. The van der Waals surface area contributed by atoms with E-state index in [-0.39, 0.29) is 30.1 Å². The Bertz CT molecular complexity index is 1220. The molecule has 3 aromatic rings. The largest absolute Gasteiger partial charge is 0.492 e. The lowest BCUT2D eigenvalue weighted by Crippen LogP contribution is -2.32. The number of imide groups is 1. The van der Waals surface area contributed by atoms with E-state index in [1.807, 2.05) is 19.9 Å². The van der Waals surface area contributed by atoms with Crippen LogP contribution in [-0.4, -0.2) is 33.8 Å². The van der Waals surface area contributed by atoms with Crippen LogP contribution in [0.25, 0.3) is 11.8 Å². The third-order valence-corrected chi connectivity index (χ3v) is 6.28. The van der Waals surface area contributed by atoms with Crippen LogP contribution in [0.2, 0.25) is 5.02 Å². The number of carbonyl (C=O) groups is 2. The van der Waals surface area contributed by atoms with Crippen LogP contribution in [-0.2, 0) is 4.79 Å². The van der Waals surface area contributed by atoms with Crippen molar-refractivity contribution in [3.63, 3.8) is 0 Å². The smallest absolute Gasteiger partial charge is 0.293 e. The number of para-hydroxylation sites is 1. The topological polar surface area (TPSA) is 51.5 Å². The number of ether oxygens (including phenoxy) is 1. The van der Waals surface area contributed by atoms with Crippen molar-refractivity contribution >= 4 is 40.6 Å². The van der Waals surface area contributed by atoms with Gasteiger partial charge >= 0.3 is 0 Å². The Balaban J connectivity index is 1.50. The second-order valence-electron chi connectivity index (χ2n) is 7.25. The summed E-state index contributed by atoms with van der Waals surface area (Å²) >= 11 is 6.74. The van der Waals surface area contributed by atoms with Gasteiger partial charge in [-0.15, -0.1) is 0 Å². The number of hydrogen-bond donors (Lipinski definition) is 0. The SMILES string of the molecule is Cc1cc(/C=C2\SC(=O)N(CCOc3ccc(Cl)cc3)C2=O)c(C)n1-c1ccccc1F. The van der Waals surface area contributed by atoms with Crippen molar-refractivity contribution in [2.75, 3.05) is 13.2 Å². The third-order valence-electron chi connectivity index (χ3n) is 5.12. The van der Waals surface area contributed by atoms with Crippen molar-refractivity contribution in [1.29, 1.82) is 0 Å². The van der Waals surface area contributed by atoms with Crippen LogP contribution in [0.5, 0.6) is 5.75 Å². The maximum Gasteiger partial charge on any atom is 0.293 e. The highest BCUT2D eigenvalue weighted by Crippen LogP contribution is 2.34. The molecule has 2 amide bonds. The van der Waals surface area contributed by atoms with E-state index in [4.69, 9.17) is 16.3 Å². The number of carbonyl (C=O) groups excluding carboxylic acids is 2. The Morgan fingerprint density at radius 2 is 1.81 bits per heavy atom. The normalized spacial score (nSPS) is 15.1. The number of amides is 2. The Morgan fingerprint density at radius 1 is 1.09 bits per heavy atom. The summed E-state index contributed by atoms with van der Waals surface area (Å²) in [5, 5.41) is 0.256. The molecule has 1 aliphatic heterocycles. The van der Waals surface area contributed by atoms with Gasteiger partial charge < -0.3 is 9.30 Å². The molecule has 0 aliphatic carbocycles. The Labute approximate surface area is 194 Å². The zero-order valence-electron chi connectivity index (χ0n) is 17.5. The van der Waals surface area contributed by atoms with E-state index >= 15 is 0 Å². The number of aryl methyl sites for hydroxylation is 1. The van der Waals surface area contributed by atoms with Gasteiger partial charge in [0.2, 0.25) is 0 Å². The van der Waals surface area contributed by atoms with E-state index in [2.05, 4.69) is 0 Å². The fourth-order valence-electron chi connectivity index (χ4n) is 3.56. The van der Waals surface area contributed by atoms with Crippen molar-refractivity contribution < 1.29 is 18.7 Å². The summed E-state index contributed by atoms with van der Waals surface area (Å²) in [7, 11) is 0. The van der Waals surface area contributed by atoms with Crippen molar-refractivity contribution in [2.24, 2.45) is 0 Å². The van der Waals surface area contributed by atoms with Gasteiger partial charge in [-0.25, -0.2) is 4.39 Å². The first-order chi connectivity index (χ1) is 15.3. The number of aromatic nitrogens is 1. The van der Waals surface area contributed by atoms with Crippen LogP contribution in [0.3, 0.4) is 0 Å². The number of rotatable bonds is 6.